The number of rotatable bonds is 1. The number of hydrogen-bond donors (Lipinski definition) is 0. The number of fused-ring (bicyclic) bond motifs is 6. The normalized spacial score (nSPS) is 27.9. The second-order valence-corrected chi connectivity index (χ2v) is 6.82. The summed E-state index contributed by atoms with van der Waals surface area (Å²) in [4.78, 5) is 29.1. The van der Waals surface area contributed by atoms with E-state index in [0.29, 0.717) is 17.2 Å². The van der Waals surface area contributed by atoms with Crippen molar-refractivity contribution in [2.24, 2.45) is 5.92 Å². The van der Waals surface area contributed by atoms with Crippen molar-refractivity contribution in [2.75, 3.05) is 4.90 Å². The molecule has 1 aliphatic carbocycles. The van der Waals surface area contributed by atoms with Gasteiger partial charge in [0.1, 0.15) is 6.04 Å². The topological polar surface area (TPSA) is 64.4 Å². The fourth-order valence-electron chi connectivity index (χ4n) is 4.72. The molecule has 3 atom stereocenters. The Bertz CT molecular complexity index is 917. The van der Waals surface area contributed by atoms with Gasteiger partial charge in [-0.3, -0.25) is 4.79 Å². The van der Waals surface area contributed by atoms with Gasteiger partial charge in [-0.2, -0.15) is 5.26 Å². The van der Waals surface area contributed by atoms with E-state index in [1.165, 1.54) is 4.90 Å². The highest BCUT2D eigenvalue weighted by Crippen LogP contribution is 2.47. The summed E-state index contributed by atoms with van der Waals surface area (Å²) in [5.74, 6) is 0.197. The van der Waals surface area contributed by atoms with Gasteiger partial charge in [-0.1, -0.05) is 24.3 Å². The Balaban J connectivity index is 1.68. The summed E-state index contributed by atoms with van der Waals surface area (Å²) in [6, 6.07) is 12.8. The van der Waals surface area contributed by atoms with Crippen molar-refractivity contribution in [3.63, 3.8) is 0 Å². The van der Waals surface area contributed by atoms with Crippen molar-refractivity contribution in [3.8, 4) is 6.07 Å². The number of hydrogen-bond acceptors (Lipinski definition) is 3. The Labute approximate surface area is 139 Å². The smallest absolute Gasteiger partial charge is 0.309 e. The molecule has 2 aliphatic heterocycles. The first-order valence-electron chi connectivity index (χ1n) is 8.29. The molecule has 0 radical (unpaired) electrons. The second kappa shape index (κ2) is 4.57. The number of urea groups is 1. The van der Waals surface area contributed by atoms with Crippen molar-refractivity contribution in [1.29, 1.82) is 5.26 Å². The van der Waals surface area contributed by atoms with Crippen LogP contribution in [-0.2, 0) is 4.79 Å². The lowest BCUT2D eigenvalue weighted by molar-refractivity contribution is -0.120. The largest absolute Gasteiger partial charge is 0.332 e. The average Bonchev–Trinajstić information content (AvgIpc) is 3.28. The third kappa shape index (κ3) is 1.53. The number of benzene rings is 2. The minimum atomic E-state index is -0.286. The first-order valence-corrected chi connectivity index (χ1v) is 8.29. The van der Waals surface area contributed by atoms with Crippen molar-refractivity contribution >= 4 is 28.4 Å². The molecule has 5 nitrogen and oxygen atoms in total. The summed E-state index contributed by atoms with van der Waals surface area (Å²) in [7, 11) is 0. The van der Waals surface area contributed by atoms with Gasteiger partial charge in [0.15, 0.2) is 0 Å². The van der Waals surface area contributed by atoms with Gasteiger partial charge >= 0.3 is 6.03 Å². The summed E-state index contributed by atoms with van der Waals surface area (Å²) >= 11 is 0. The van der Waals surface area contributed by atoms with Crippen LogP contribution in [0.2, 0.25) is 0 Å². The highest BCUT2D eigenvalue weighted by atomic mass is 16.2. The van der Waals surface area contributed by atoms with Crippen LogP contribution < -0.4 is 4.90 Å². The molecule has 5 rings (SSSR count). The summed E-state index contributed by atoms with van der Waals surface area (Å²) in [6.07, 6.45) is 3.00. The number of amides is 3. The molecular formula is C19H15N3O2. The third-order valence-corrected chi connectivity index (χ3v) is 5.73. The van der Waals surface area contributed by atoms with Gasteiger partial charge in [0, 0.05) is 16.8 Å². The van der Waals surface area contributed by atoms with E-state index < -0.39 is 0 Å². The molecule has 24 heavy (non-hydrogen) atoms. The highest BCUT2D eigenvalue weighted by Gasteiger charge is 2.59. The second-order valence-electron chi connectivity index (χ2n) is 6.82. The zero-order valence-electron chi connectivity index (χ0n) is 13.0. The van der Waals surface area contributed by atoms with Crippen LogP contribution in [0.15, 0.2) is 36.4 Å². The van der Waals surface area contributed by atoms with Crippen LogP contribution in [0.25, 0.3) is 10.8 Å². The van der Waals surface area contributed by atoms with E-state index in [1.807, 2.05) is 24.3 Å². The maximum absolute atomic E-state index is 13.0. The molecule has 118 valence electrons. The Morgan fingerprint density at radius 1 is 1.04 bits per heavy atom. The van der Waals surface area contributed by atoms with Crippen LogP contribution in [0, 0.1) is 17.2 Å². The van der Waals surface area contributed by atoms with E-state index in [-0.39, 0.29) is 24.0 Å². The molecule has 5 heteroatoms. The van der Waals surface area contributed by atoms with Gasteiger partial charge in [-0.05, 0) is 37.3 Å². The summed E-state index contributed by atoms with van der Waals surface area (Å²) in [5, 5.41) is 10.8. The number of carbonyl (C=O) groups is 2. The standard InChI is InChI=1S/C19H15N3O2/c20-10-12-6-8-16(15-4-2-1-3-14(12)15)22-18(23)17-11-5-7-13(9-11)21(17)19(22)24/h1-4,6,8,11,13,17H,5,7,9H2/t11-,13+,17+/m0/s1. The first-order chi connectivity index (χ1) is 11.7. The SMILES string of the molecule is N#Cc1ccc(N2C(=O)[C@H]3[C@H]4CC[C@H](C4)N3C2=O)c2ccccc12. The van der Waals surface area contributed by atoms with Crippen molar-refractivity contribution in [1.82, 2.24) is 4.90 Å². The lowest BCUT2D eigenvalue weighted by Gasteiger charge is -2.25. The predicted octanol–water partition coefficient (Wildman–Crippen LogP) is 3.03. The number of imide groups is 1. The molecule has 3 aliphatic rings. The maximum Gasteiger partial charge on any atom is 0.332 e. The molecule has 3 amide bonds. The summed E-state index contributed by atoms with van der Waals surface area (Å²) in [6.45, 7) is 0. The molecule has 0 unspecified atom stereocenters. The number of anilines is 1. The Morgan fingerprint density at radius 3 is 2.58 bits per heavy atom. The van der Waals surface area contributed by atoms with Gasteiger partial charge < -0.3 is 4.90 Å². The van der Waals surface area contributed by atoms with E-state index in [0.717, 1.165) is 30.0 Å². The zero-order chi connectivity index (χ0) is 16.4. The van der Waals surface area contributed by atoms with Crippen molar-refractivity contribution < 1.29 is 9.59 Å². The molecule has 2 aromatic carbocycles. The quantitative estimate of drug-likeness (QED) is 0.759. The summed E-state index contributed by atoms with van der Waals surface area (Å²) in [5.41, 5.74) is 1.14. The Hall–Kier alpha value is -2.87. The molecule has 2 heterocycles. The average molecular weight is 317 g/mol. The number of carbonyl (C=O) groups excluding carboxylic acids is 2. The van der Waals surface area contributed by atoms with Crippen molar-refractivity contribution in [2.45, 2.75) is 31.3 Å². The molecule has 2 bridgehead atoms. The summed E-state index contributed by atoms with van der Waals surface area (Å²) < 4.78 is 0. The number of nitriles is 1. The van der Waals surface area contributed by atoms with E-state index in [9.17, 15) is 14.9 Å². The highest BCUT2D eigenvalue weighted by molar-refractivity contribution is 6.25. The molecule has 0 N–H and O–H groups in total. The number of nitrogens with zero attached hydrogens (tertiary/aromatic N) is 3. The molecule has 2 aromatic rings. The van der Waals surface area contributed by atoms with E-state index in [1.54, 1.807) is 17.0 Å². The molecule has 0 aromatic heterocycles. The van der Waals surface area contributed by atoms with Crippen LogP contribution in [0.3, 0.4) is 0 Å². The maximum atomic E-state index is 13.0. The molecule has 3 fully saturated rings. The minimum Gasteiger partial charge on any atom is -0.309 e. The predicted molar refractivity (Wildman–Crippen MR) is 88.3 cm³/mol. The van der Waals surface area contributed by atoms with Gasteiger partial charge in [-0.25, -0.2) is 9.69 Å². The molecule has 2 saturated heterocycles. The fourth-order valence-corrected chi connectivity index (χ4v) is 4.72. The van der Waals surface area contributed by atoms with Gasteiger partial charge in [-0.15, -0.1) is 0 Å². The van der Waals surface area contributed by atoms with E-state index >= 15 is 0 Å². The Morgan fingerprint density at radius 2 is 1.83 bits per heavy atom. The van der Waals surface area contributed by atoms with Crippen LogP contribution in [0.4, 0.5) is 10.5 Å². The lowest BCUT2D eigenvalue weighted by Crippen LogP contribution is -2.40. The Kier molecular flexibility index (Phi) is 2.58. The van der Waals surface area contributed by atoms with Crippen LogP contribution in [0.5, 0.6) is 0 Å². The van der Waals surface area contributed by atoms with Crippen molar-refractivity contribution in [3.05, 3.63) is 42.0 Å². The third-order valence-electron chi connectivity index (χ3n) is 5.73. The minimum absolute atomic E-state index is 0.109. The van der Waals surface area contributed by atoms with Gasteiger partial charge in [0.2, 0.25) is 0 Å². The van der Waals surface area contributed by atoms with Gasteiger partial charge in [0.25, 0.3) is 5.91 Å². The van der Waals surface area contributed by atoms with E-state index in [2.05, 4.69) is 6.07 Å². The number of piperidine rings is 1. The lowest BCUT2D eigenvalue weighted by atomic mass is 9.98. The van der Waals surface area contributed by atoms with Crippen LogP contribution in [-0.4, -0.2) is 28.9 Å². The molecule has 0 spiro atoms. The van der Waals surface area contributed by atoms with Crippen LogP contribution >= 0.6 is 0 Å². The monoisotopic (exact) mass is 317 g/mol. The van der Waals surface area contributed by atoms with Crippen LogP contribution in [0.1, 0.15) is 24.8 Å². The fraction of sp³-hybridized carbons (Fsp3) is 0.316. The molecule has 1 saturated carbocycles. The first kappa shape index (κ1) is 13.6. The zero-order valence-corrected chi connectivity index (χ0v) is 13.0. The van der Waals surface area contributed by atoms with E-state index in [4.69, 9.17) is 0 Å². The van der Waals surface area contributed by atoms with Gasteiger partial charge in [0.05, 0.1) is 17.3 Å². The molecular weight excluding hydrogens is 302 g/mol.